The number of thioether (sulfide) groups is 1. The van der Waals surface area contributed by atoms with E-state index >= 15 is 0 Å². The highest BCUT2D eigenvalue weighted by Gasteiger charge is 2.11. The molecule has 3 aromatic rings. The van der Waals surface area contributed by atoms with Gasteiger partial charge in [-0.05, 0) is 19.1 Å². The summed E-state index contributed by atoms with van der Waals surface area (Å²) >= 11 is 7.53. The zero-order valence-corrected chi connectivity index (χ0v) is 14.1. The molecular formula is C16H15ClN4OS. The van der Waals surface area contributed by atoms with Crippen LogP contribution >= 0.6 is 23.4 Å². The molecule has 0 spiro atoms. The third-order valence-electron chi connectivity index (χ3n) is 3.20. The fraction of sp³-hybridized carbons (Fsp3) is 0.188. The van der Waals surface area contributed by atoms with Crippen molar-refractivity contribution in [3.63, 3.8) is 0 Å². The Morgan fingerprint density at radius 1 is 1.39 bits per heavy atom. The van der Waals surface area contributed by atoms with Gasteiger partial charge >= 0.3 is 0 Å². The Kier molecular flexibility index (Phi) is 4.83. The fourth-order valence-corrected chi connectivity index (χ4v) is 3.12. The lowest BCUT2D eigenvalue weighted by Gasteiger charge is -2.03. The van der Waals surface area contributed by atoms with Gasteiger partial charge < -0.3 is 8.98 Å². The van der Waals surface area contributed by atoms with Gasteiger partial charge in [0.1, 0.15) is 5.82 Å². The number of nitrogens with zero attached hydrogens (tertiary/aromatic N) is 4. The molecule has 0 radical (unpaired) electrons. The van der Waals surface area contributed by atoms with Crippen LogP contribution in [0.5, 0.6) is 0 Å². The molecule has 7 heteroatoms. The van der Waals surface area contributed by atoms with Crippen molar-refractivity contribution in [1.29, 1.82) is 0 Å². The van der Waals surface area contributed by atoms with Gasteiger partial charge in [0.05, 0.1) is 11.9 Å². The minimum Gasteiger partial charge on any atom is -0.440 e. The molecule has 2 heterocycles. The van der Waals surface area contributed by atoms with E-state index in [9.17, 15) is 0 Å². The third-order valence-corrected chi connectivity index (χ3v) is 4.39. The summed E-state index contributed by atoms with van der Waals surface area (Å²) in [5.74, 6) is 2.78. The van der Waals surface area contributed by atoms with Gasteiger partial charge in [0.2, 0.25) is 5.89 Å². The van der Waals surface area contributed by atoms with E-state index in [2.05, 4.69) is 21.8 Å². The number of hydrogen-bond donors (Lipinski definition) is 0. The summed E-state index contributed by atoms with van der Waals surface area (Å²) < 4.78 is 7.78. The molecule has 118 valence electrons. The van der Waals surface area contributed by atoms with E-state index in [-0.39, 0.29) is 0 Å². The van der Waals surface area contributed by atoms with Gasteiger partial charge in [-0.15, -0.1) is 16.8 Å². The topological polar surface area (TPSA) is 56.7 Å². The van der Waals surface area contributed by atoms with Crippen LogP contribution in [-0.2, 0) is 12.3 Å². The van der Waals surface area contributed by atoms with Crippen molar-refractivity contribution in [3.8, 4) is 11.3 Å². The van der Waals surface area contributed by atoms with Crippen LogP contribution in [0.2, 0.25) is 5.02 Å². The largest absolute Gasteiger partial charge is 0.440 e. The number of allylic oxidation sites excluding steroid dienone is 1. The second kappa shape index (κ2) is 7.02. The highest BCUT2D eigenvalue weighted by Crippen LogP contribution is 2.26. The molecule has 0 N–H and O–H groups in total. The van der Waals surface area contributed by atoms with Crippen LogP contribution in [0.3, 0.4) is 0 Å². The highest BCUT2D eigenvalue weighted by molar-refractivity contribution is 7.98. The predicted molar refractivity (Wildman–Crippen MR) is 91.5 cm³/mol. The van der Waals surface area contributed by atoms with Crippen LogP contribution in [0.25, 0.3) is 11.3 Å². The maximum Gasteiger partial charge on any atom is 0.205 e. The molecule has 3 rings (SSSR count). The van der Waals surface area contributed by atoms with Crippen molar-refractivity contribution < 1.29 is 4.42 Å². The van der Waals surface area contributed by atoms with Crippen molar-refractivity contribution in [2.45, 2.75) is 24.4 Å². The molecule has 5 nitrogen and oxygen atoms in total. The minimum atomic E-state index is 0.579. The zero-order valence-electron chi connectivity index (χ0n) is 12.6. The molecule has 0 aliphatic heterocycles. The first-order chi connectivity index (χ1) is 11.2. The SMILES string of the molecule is C=CCn1c(C)nnc1SCc1ncc(-c2cccc(Cl)c2)o1. The lowest BCUT2D eigenvalue weighted by molar-refractivity contribution is 0.529. The summed E-state index contributed by atoms with van der Waals surface area (Å²) in [4.78, 5) is 4.31. The van der Waals surface area contributed by atoms with E-state index in [4.69, 9.17) is 16.0 Å². The number of aryl methyl sites for hydroxylation is 1. The van der Waals surface area contributed by atoms with Crippen molar-refractivity contribution in [2.24, 2.45) is 0 Å². The average Bonchev–Trinajstić information content (AvgIpc) is 3.14. The zero-order chi connectivity index (χ0) is 16.2. The molecule has 0 saturated heterocycles. The van der Waals surface area contributed by atoms with E-state index in [1.807, 2.05) is 41.8 Å². The monoisotopic (exact) mass is 346 g/mol. The number of hydrogen-bond acceptors (Lipinski definition) is 5. The van der Waals surface area contributed by atoms with Crippen molar-refractivity contribution >= 4 is 23.4 Å². The number of halogens is 1. The van der Waals surface area contributed by atoms with Crippen LogP contribution < -0.4 is 0 Å². The number of aromatic nitrogens is 4. The lowest BCUT2D eigenvalue weighted by atomic mass is 10.2. The Balaban J connectivity index is 1.71. The van der Waals surface area contributed by atoms with E-state index in [1.165, 1.54) is 11.8 Å². The Hall–Kier alpha value is -2.05. The van der Waals surface area contributed by atoms with Crippen LogP contribution in [0, 0.1) is 6.92 Å². The van der Waals surface area contributed by atoms with E-state index in [0.717, 1.165) is 16.5 Å². The Labute approximate surface area is 143 Å². The van der Waals surface area contributed by atoms with Gasteiger partial charge in [-0.2, -0.15) is 0 Å². The van der Waals surface area contributed by atoms with Gasteiger partial charge in [0.15, 0.2) is 10.9 Å². The van der Waals surface area contributed by atoms with Gasteiger partial charge in [-0.3, -0.25) is 0 Å². The highest BCUT2D eigenvalue weighted by atomic mass is 35.5. The van der Waals surface area contributed by atoms with Crippen LogP contribution in [0.15, 0.2) is 52.7 Å². The van der Waals surface area contributed by atoms with Crippen molar-refractivity contribution in [1.82, 2.24) is 19.7 Å². The van der Waals surface area contributed by atoms with Crippen LogP contribution in [0.1, 0.15) is 11.7 Å². The first-order valence-corrected chi connectivity index (χ1v) is 8.38. The summed E-state index contributed by atoms with van der Waals surface area (Å²) in [5, 5.41) is 9.75. The molecule has 23 heavy (non-hydrogen) atoms. The van der Waals surface area contributed by atoms with Gasteiger partial charge in [0.25, 0.3) is 0 Å². The first-order valence-electron chi connectivity index (χ1n) is 7.01. The Bertz CT molecular complexity index is 827. The minimum absolute atomic E-state index is 0.579. The summed E-state index contributed by atoms with van der Waals surface area (Å²) in [6.45, 7) is 6.35. The second-order valence-electron chi connectivity index (χ2n) is 4.85. The van der Waals surface area contributed by atoms with Crippen molar-refractivity contribution in [2.75, 3.05) is 0 Å². The molecule has 1 aromatic carbocycles. The van der Waals surface area contributed by atoms with Crippen molar-refractivity contribution in [3.05, 3.63) is 59.9 Å². The average molecular weight is 347 g/mol. The molecular weight excluding hydrogens is 332 g/mol. The maximum atomic E-state index is 6.00. The van der Waals surface area contributed by atoms with Gasteiger partial charge in [0, 0.05) is 17.1 Å². The molecule has 0 atom stereocenters. The number of oxazole rings is 1. The molecule has 0 aliphatic carbocycles. The maximum absolute atomic E-state index is 6.00. The lowest BCUT2D eigenvalue weighted by Crippen LogP contribution is -2.00. The van der Waals surface area contributed by atoms with Gasteiger partial charge in [-0.25, -0.2) is 4.98 Å². The summed E-state index contributed by atoms with van der Waals surface area (Å²) in [6, 6.07) is 7.50. The number of rotatable bonds is 6. The smallest absolute Gasteiger partial charge is 0.205 e. The molecule has 0 fully saturated rings. The Morgan fingerprint density at radius 3 is 3.04 bits per heavy atom. The van der Waals surface area contributed by atoms with Crippen LogP contribution in [0.4, 0.5) is 0 Å². The second-order valence-corrected chi connectivity index (χ2v) is 6.23. The normalized spacial score (nSPS) is 10.9. The first kappa shape index (κ1) is 15.8. The molecule has 0 aliphatic rings. The summed E-state index contributed by atoms with van der Waals surface area (Å²) in [6.07, 6.45) is 3.53. The van der Waals surface area contributed by atoms with Gasteiger partial charge in [-0.1, -0.05) is 41.6 Å². The molecule has 0 amide bonds. The Morgan fingerprint density at radius 2 is 2.26 bits per heavy atom. The standard InChI is InChI=1S/C16H15ClN4OS/c1-3-7-21-11(2)19-20-16(21)23-10-15-18-9-14(22-15)12-5-4-6-13(17)8-12/h3-6,8-9H,1,7,10H2,2H3. The number of benzene rings is 1. The van der Waals surface area contributed by atoms with Crippen LogP contribution in [-0.4, -0.2) is 19.7 Å². The quantitative estimate of drug-likeness (QED) is 0.490. The molecule has 2 aromatic heterocycles. The summed E-state index contributed by atoms with van der Waals surface area (Å²) in [7, 11) is 0. The molecule has 0 saturated carbocycles. The van der Waals surface area contributed by atoms with E-state index in [0.29, 0.717) is 29.0 Å². The fourth-order valence-electron chi connectivity index (χ4n) is 2.09. The molecule has 0 unspecified atom stereocenters. The predicted octanol–water partition coefficient (Wildman–Crippen LogP) is 4.37. The van der Waals surface area contributed by atoms with E-state index < -0.39 is 0 Å². The van der Waals surface area contributed by atoms with E-state index in [1.54, 1.807) is 6.20 Å². The third kappa shape index (κ3) is 3.65. The summed E-state index contributed by atoms with van der Waals surface area (Å²) in [5.41, 5.74) is 0.909. The molecule has 0 bridgehead atoms.